The Balaban J connectivity index is 2.50. The number of ether oxygens (including phenoxy) is 1. The summed E-state index contributed by atoms with van der Waals surface area (Å²) in [7, 11) is 1.65. The summed E-state index contributed by atoms with van der Waals surface area (Å²) < 4.78 is 19.6. The molecule has 0 aliphatic carbocycles. The van der Waals surface area contributed by atoms with Crippen LogP contribution in [0.15, 0.2) is 36.4 Å². The van der Waals surface area contributed by atoms with Crippen molar-refractivity contribution in [3.63, 3.8) is 0 Å². The SMILES string of the molecule is CCNC(c1ccc(C)c(OC)c1)c1cc(C)ccc1F. The van der Waals surface area contributed by atoms with Crippen LogP contribution in [0, 0.1) is 19.7 Å². The van der Waals surface area contributed by atoms with E-state index in [-0.39, 0.29) is 11.9 Å². The highest BCUT2D eigenvalue weighted by Crippen LogP contribution is 2.29. The Morgan fingerprint density at radius 2 is 1.90 bits per heavy atom. The Morgan fingerprint density at radius 3 is 2.57 bits per heavy atom. The lowest BCUT2D eigenvalue weighted by molar-refractivity contribution is 0.410. The first-order valence-electron chi connectivity index (χ1n) is 7.20. The molecule has 0 saturated heterocycles. The Labute approximate surface area is 126 Å². The normalized spacial score (nSPS) is 12.2. The molecule has 0 saturated carbocycles. The molecule has 2 aromatic carbocycles. The zero-order valence-electron chi connectivity index (χ0n) is 13.0. The first kappa shape index (κ1) is 15.5. The minimum atomic E-state index is -0.189. The minimum Gasteiger partial charge on any atom is -0.496 e. The van der Waals surface area contributed by atoms with Gasteiger partial charge in [0, 0.05) is 5.56 Å². The van der Waals surface area contributed by atoms with Crippen molar-refractivity contribution in [1.82, 2.24) is 5.32 Å². The summed E-state index contributed by atoms with van der Waals surface area (Å²) in [5, 5.41) is 3.36. The van der Waals surface area contributed by atoms with Crippen LogP contribution in [0.4, 0.5) is 4.39 Å². The van der Waals surface area contributed by atoms with Gasteiger partial charge in [-0.15, -0.1) is 0 Å². The van der Waals surface area contributed by atoms with Gasteiger partial charge in [0.1, 0.15) is 11.6 Å². The van der Waals surface area contributed by atoms with E-state index in [4.69, 9.17) is 4.74 Å². The van der Waals surface area contributed by atoms with E-state index in [1.165, 1.54) is 6.07 Å². The number of halogens is 1. The second-order valence-electron chi connectivity index (χ2n) is 5.24. The van der Waals surface area contributed by atoms with Gasteiger partial charge in [-0.05, 0) is 43.7 Å². The molecule has 2 rings (SSSR count). The van der Waals surface area contributed by atoms with E-state index in [1.807, 2.05) is 45.0 Å². The molecule has 0 amide bonds. The largest absolute Gasteiger partial charge is 0.496 e. The first-order chi connectivity index (χ1) is 10.1. The molecule has 0 aliphatic rings. The summed E-state index contributed by atoms with van der Waals surface area (Å²) in [6, 6.07) is 11.0. The van der Waals surface area contributed by atoms with Gasteiger partial charge in [-0.25, -0.2) is 4.39 Å². The smallest absolute Gasteiger partial charge is 0.128 e. The predicted octanol–water partition coefficient (Wildman–Crippen LogP) is 4.15. The van der Waals surface area contributed by atoms with Crippen molar-refractivity contribution in [2.75, 3.05) is 13.7 Å². The maximum Gasteiger partial charge on any atom is 0.128 e. The van der Waals surface area contributed by atoms with Crippen molar-refractivity contribution in [3.05, 3.63) is 64.5 Å². The lowest BCUT2D eigenvalue weighted by Gasteiger charge is -2.21. The maximum atomic E-state index is 14.2. The summed E-state index contributed by atoms with van der Waals surface area (Å²) in [6.07, 6.45) is 0. The van der Waals surface area contributed by atoms with Gasteiger partial charge in [-0.3, -0.25) is 0 Å². The zero-order valence-corrected chi connectivity index (χ0v) is 13.0. The molecule has 1 N–H and O–H groups in total. The molecule has 112 valence electrons. The van der Waals surface area contributed by atoms with Gasteiger partial charge in [-0.1, -0.05) is 36.8 Å². The van der Waals surface area contributed by atoms with Crippen molar-refractivity contribution in [1.29, 1.82) is 0 Å². The summed E-state index contributed by atoms with van der Waals surface area (Å²) >= 11 is 0. The molecule has 1 unspecified atom stereocenters. The van der Waals surface area contributed by atoms with E-state index >= 15 is 0 Å². The molecular weight excluding hydrogens is 265 g/mol. The highest BCUT2D eigenvalue weighted by molar-refractivity contribution is 5.42. The standard InChI is InChI=1S/C18H22FNO/c1-5-20-18(15-10-12(2)6-9-16(15)19)14-8-7-13(3)17(11-14)21-4/h6-11,18,20H,5H2,1-4H3. The lowest BCUT2D eigenvalue weighted by atomic mass is 9.95. The van der Waals surface area contributed by atoms with Crippen LogP contribution in [0.1, 0.15) is 35.2 Å². The molecule has 21 heavy (non-hydrogen) atoms. The van der Waals surface area contributed by atoms with Crippen molar-refractivity contribution < 1.29 is 9.13 Å². The Kier molecular flexibility index (Phi) is 4.97. The van der Waals surface area contributed by atoms with E-state index in [0.717, 1.165) is 29.0 Å². The minimum absolute atomic E-state index is 0.176. The van der Waals surface area contributed by atoms with Crippen LogP contribution < -0.4 is 10.1 Å². The van der Waals surface area contributed by atoms with Gasteiger partial charge in [0.2, 0.25) is 0 Å². The van der Waals surface area contributed by atoms with E-state index in [2.05, 4.69) is 5.32 Å². The van der Waals surface area contributed by atoms with Crippen LogP contribution in [-0.2, 0) is 0 Å². The molecule has 0 aromatic heterocycles. The number of rotatable bonds is 5. The van der Waals surface area contributed by atoms with Gasteiger partial charge in [0.15, 0.2) is 0 Å². The van der Waals surface area contributed by atoms with Crippen molar-refractivity contribution in [3.8, 4) is 5.75 Å². The fourth-order valence-corrected chi connectivity index (χ4v) is 2.51. The van der Waals surface area contributed by atoms with E-state index < -0.39 is 0 Å². The number of methoxy groups -OCH3 is 1. The lowest BCUT2D eigenvalue weighted by Crippen LogP contribution is -2.23. The Morgan fingerprint density at radius 1 is 1.14 bits per heavy atom. The highest BCUT2D eigenvalue weighted by atomic mass is 19.1. The van der Waals surface area contributed by atoms with Crippen LogP contribution >= 0.6 is 0 Å². The topological polar surface area (TPSA) is 21.3 Å². The molecule has 2 nitrogen and oxygen atoms in total. The van der Waals surface area contributed by atoms with Gasteiger partial charge in [-0.2, -0.15) is 0 Å². The van der Waals surface area contributed by atoms with Crippen LogP contribution in [0.3, 0.4) is 0 Å². The van der Waals surface area contributed by atoms with Crippen molar-refractivity contribution in [2.45, 2.75) is 26.8 Å². The van der Waals surface area contributed by atoms with Crippen LogP contribution in [0.2, 0.25) is 0 Å². The molecule has 2 aromatic rings. The maximum absolute atomic E-state index is 14.2. The Bertz CT molecular complexity index is 625. The summed E-state index contributed by atoms with van der Waals surface area (Å²) in [6.45, 7) is 6.75. The van der Waals surface area contributed by atoms with E-state index in [0.29, 0.717) is 5.56 Å². The molecule has 0 bridgehead atoms. The van der Waals surface area contributed by atoms with Gasteiger partial charge in [0.25, 0.3) is 0 Å². The molecule has 1 atom stereocenters. The second kappa shape index (κ2) is 6.72. The van der Waals surface area contributed by atoms with Crippen molar-refractivity contribution in [2.24, 2.45) is 0 Å². The van der Waals surface area contributed by atoms with Crippen LogP contribution in [0.25, 0.3) is 0 Å². The molecular formula is C18H22FNO. The number of nitrogens with one attached hydrogen (secondary N) is 1. The first-order valence-corrected chi connectivity index (χ1v) is 7.20. The third-order valence-electron chi connectivity index (χ3n) is 3.64. The predicted molar refractivity (Wildman–Crippen MR) is 84.4 cm³/mol. The molecule has 0 aliphatic heterocycles. The fraction of sp³-hybridized carbons (Fsp3) is 0.333. The number of benzene rings is 2. The quantitative estimate of drug-likeness (QED) is 0.892. The summed E-state index contributed by atoms with van der Waals surface area (Å²) in [5.74, 6) is 0.634. The summed E-state index contributed by atoms with van der Waals surface area (Å²) in [5.41, 5.74) is 3.79. The molecule has 3 heteroatoms. The van der Waals surface area contributed by atoms with Gasteiger partial charge < -0.3 is 10.1 Å². The highest BCUT2D eigenvalue weighted by Gasteiger charge is 2.18. The molecule has 0 spiro atoms. The number of hydrogen-bond donors (Lipinski definition) is 1. The third kappa shape index (κ3) is 3.42. The zero-order chi connectivity index (χ0) is 15.4. The summed E-state index contributed by atoms with van der Waals surface area (Å²) in [4.78, 5) is 0. The van der Waals surface area contributed by atoms with E-state index in [1.54, 1.807) is 13.2 Å². The fourth-order valence-electron chi connectivity index (χ4n) is 2.51. The molecule has 0 heterocycles. The van der Waals surface area contributed by atoms with Gasteiger partial charge in [0.05, 0.1) is 13.2 Å². The number of aryl methyl sites for hydroxylation is 2. The van der Waals surface area contributed by atoms with Crippen molar-refractivity contribution >= 4 is 0 Å². The number of hydrogen-bond acceptors (Lipinski definition) is 2. The molecule has 0 fully saturated rings. The average molecular weight is 287 g/mol. The molecule has 0 radical (unpaired) electrons. The van der Waals surface area contributed by atoms with Gasteiger partial charge >= 0.3 is 0 Å². The van der Waals surface area contributed by atoms with Crippen LogP contribution in [-0.4, -0.2) is 13.7 Å². The average Bonchev–Trinajstić information content (AvgIpc) is 2.48. The monoisotopic (exact) mass is 287 g/mol. The third-order valence-corrected chi connectivity index (χ3v) is 3.64. The van der Waals surface area contributed by atoms with E-state index in [9.17, 15) is 4.39 Å². The van der Waals surface area contributed by atoms with Crippen LogP contribution in [0.5, 0.6) is 5.75 Å². The Hall–Kier alpha value is -1.87. The second-order valence-corrected chi connectivity index (χ2v) is 5.24.